The van der Waals surface area contributed by atoms with Gasteiger partial charge in [-0.15, -0.1) is 0 Å². The van der Waals surface area contributed by atoms with Crippen molar-refractivity contribution in [3.05, 3.63) is 47.7 Å². The normalized spacial score (nSPS) is 11.4. The van der Waals surface area contributed by atoms with Crippen LogP contribution in [0.2, 0.25) is 0 Å². The third-order valence-electron chi connectivity index (χ3n) is 2.92. The van der Waals surface area contributed by atoms with E-state index in [2.05, 4.69) is 44.8 Å². The molecule has 0 bridgehead atoms. The Morgan fingerprint density at radius 1 is 1.11 bits per heavy atom. The number of benzene rings is 1. The molecular weight excluding hydrogens is 236 g/mol. The summed E-state index contributed by atoms with van der Waals surface area (Å²) < 4.78 is 5.91. The van der Waals surface area contributed by atoms with Crippen molar-refractivity contribution in [2.75, 3.05) is 5.73 Å². The van der Waals surface area contributed by atoms with Crippen LogP contribution < -0.4 is 10.5 Å². The second-order valence-electron chi connectivity index (χ2n) is 5.78. The van der Waals surface area contributed by atoms with Crippen molar-refractivity contribution >= 4 is 5.69 Å². The van der Waals surface area contributed by atoms with Crippen LogP contribution in [0.4, 0.5) is 5.69 Å². The summed E-state index contributed by atoms with van der Waals surface area (Å²) in [5.74, 6) is 1.41. The Balaban J connectivity index is 2.38. The van der Waals surface area contributed by atoms with Gasteiger partial charge in [-0.2, -0.15) is 0 Å². The summed E-state index contributed by atoms with van der Waals surface area (Å²) in [5.41, 5.74) is 8.61. The summed E-state index contributed by atoms with van der Waals surface area (Å²) >= 11 is 0. The average molecular weight is 256 g/mol. The van der Waals surface area contributed by atoms with Gasteiger partial charge in [0.2, 0.25) is 5.88 Å². The fourth-order valence-corrected chi connectivity index (χ4v) is 1.90. The summed E-state index contributed by atoms with van der Waals surface area (Å²) in [6, 6.07) is 9.82. The van der Waals surface area contributed by atoms with E-state index in [0.29, 0.717) is 11.6 Å². The molecular formula is C16H20N2O. The minimum Gasteiger partial charge on any atom is -0.439 e. The van der Waals surface area contributed by atoms with E-state index in [9.17, 15) is 0 Å². The van der Waals surface area contributed by atoms with Crippen molar-refractivity contribution in [1.82, 2.24) is 4.98 Å². The van der Waals surface area contributed by atoms with Crippen LogP contribution in [0.25, 0.3) is 0 Å². The van der Waals surface area contributed by atoms with Crippen molar-refractivity contribution < 1.29 is 4.74 Å². The molecule has 0 atom stereocenters. The van der Waals surface area contributed by atoms with E-state index in [1.54, 1.807) is 18.3 Å². The number of pyridine rings is 1. The van der Waals surface area contributed by atoms with E-state index < -0.39 is 0 Å². The lowest BCUT2D eigenvalue weighted by Crippen LogP contribution is -2.12. The van der Waals surface area contributed by atoms with Crippen LogP contribution in [0.15, 0.2) is 36.5 Å². The molecule has 0 aliphatic heterocycles. The van der Waals surface area contributed by atoms with E-state index in [1.807, 2.05) is 6.07 Å². The molecule has 1 aromatic carbocycles. The first-order valence-electron chi connectivity index (χ1n) is 6.37. The maximum atomic E-state index is 5.91. The van der Waals surface area contributed by atoms with Gasteiger partial charge in [0.15, 0.2) is 0 Å². The van der Waals surface area contributed by atoms with Gasteiger partial charge in [-0.1, -0.05) is 32.9 Å². The third-order valence-corrected chi connectivity index (χ3v) is 2.92. The summed E-state index contributed by atoms with van der Waals surface area (Å²) in [4.78, 5) is 4.18. The summed E-state index contributed by atoms with van der Waals surface area (Å²) in [6.45, 7) is 8.55. The lowest BCUT2D eigenvalue weighted by molar-refractivity contribution is 0.439. The van der Waals surface area contributed by atoms with E-state index in [-0.39, 0.29) is 5.41 Å². The van der Waals surface area contributed by atoms with Gasteiger partial charge in [0.1, 0.15) is 5.75 Å². The van der Waals surface area contributed by atoms with Crippen LogP contribution in [-0.2, 0) is 5.41 Å². The van der Waals surface area contributed by atoms with Gasteiger partial charge in [0.05, 0.1) is 11.9 Å². The lowest BCUT2D eigenvalue weighted by Gasteiger charge is -2.22. The minimum atomic E-state index is 0.0246. The maximum absolute atomic E-state index is 5.91. The van der Waals surface area contributed by atoms with Crippen LogP contribution in [0.1, 0.15) is 31.9 Å². The van der Waals surface area contributed by atoms with E-state index in [1.165, 1.54) is 5.56 Å². The van der Waals surface area contributed by atoms with Crippen LogP contribution in [0.5, 0.6) is 11.6 Å². The minimum absolute atomic E-state index is 0.0246. The van der Waals surface area contributed by atoms with Crippen LogP contribution in [-0.4, -0.2) is 4.98 Å². The molecule has 0 radical (unpaired) electrons. The quantitative estimate of drug-likeness (QED) is 0.881. The largest absolute Gasteiger partial charge is 0.439 e. The highest BCUT2D eigenvalue weighted by Crippen LogP contribution is 2.34. The highest BCUT2D eigenvalue weighted by molar-refractivity contribution is 5.44. The molecule has 1 heterocycles. The maximum Gasteiger partial charge on any atom is 0.219 e. The first kappa shape index (κ1) is 13.4. The molecule has 0 spiro atoms. The highest BCUT2D eigenvalue weighted by Gasteiger charge is 2.19. The lowest BCUT2D eigenvalue weighted by atomic mass is 9.86. The molecule has 2 rings (SSSR count). The zero-order chi connectivity index (χ0) is 14.0. The van der Waals surface area contributed by atoms with Gasteiger partial charge in [-0.3, -0.25) is 0 Å². The van der Waals surface area contributed by atoms with E-state index in [0.717, 1.165) is 11.3 Å². The molecule has 100 valence electrons. The monoisotopic (exact) mass is 256 g/mol. The van der Waals surface area contributed by atoms with Crippen LogP contribution in [0.3, 0.4) is 0 Å². The molecule has 0 unspecified atom stereocenters. The summed E-state index contributed by atoms with van der Waals surface area (Å²) in [6.07, 6.45) is 1.60. The SMILES string of the molecule is Cc1ccc(C(C)(C)C)c(Oc2ccc(N)cn2)c1. The van der Waals surface area contributed by atoms with Gasteiger partial charge < -0.3 is 10.5 Å². The molecule has 0 saturated carbocycles. The molecule has 0 aliphatic carbocycles. The summed E-state index contributed by atoms with van der Waals surface area (Å²) in [5, 5.41) is 0. The molecule has 0 amide bonds. The van der Waals surface area contributed by atoms with Gasteiger partial charge in [0.25, 0.3) is 0 Å². The molecule has 1 aromatic heterocycles. The zero-order valence-electron chi connectivity index (χ0n) is 11.9. The number of hydrogen-bond acceptors (Lipinski definition) is 3. The Morgan fingerprint density at radius 2 is 1.84 bits per heavy atom. The van der Waals surface area contributed by atoms with Crippen LogP contribution in [0, 0.1) is 6.92 Å². The number of aryl methyl sites for hydroxylation is 1. The molecule has 19 heavy (non-hydrogen) atoms. The van der Waals surface area contributed by atoms with Crippen molar-refractivity contribution in [3.63, 3.8) is 0 Å². The third kappa shape index (κ3) is 3.25. The Morgan fingerprint density at radius 3 is 2.42 bits per heavy atom. The molecule has 3 heteroatoms. The topological polar surface area (TPSA) is 48.1 Å². The number of aromatic nitrogens is 1. The Kier molecular flexibility index (Phi) is 3.47. The average Bonchev–Trinajstić information content (AvgIpc) is 2.30. The standard InChI is InChI=1S/C16H20N2O/c1-11-5-7-13(16(2,3)4)14(9-11)19-15-8-6-12(17)10-18-15/h5-10H,17H2,1-4H3. The first-order chi connectivity index (χ1) is 8.86. The molecule has 3 nitrogen and oxygen atoms in total. The number of rotatable bonds is 2. The van der Waals surface area contributed by atoms with E-state index >= 15 is 0 Å². The summed E-state index contributed by atoms with van der Waals surface area (Å²) in [7, 11) is 0. The zero-order valence-corrected chi connectivity index (χ0v) is 11.9. The Labute approximate surface area is 114 Å². The molecule has 2 N–H and O–H groups in total. The molecule has 0 fully saturated rings. The highest BCUT2D eigenvalue weighted by atomic mass is 16.5. The van der Waals surface area contributed by atoms with Crippen molar-refractivity contribution in [1.29, 1.82) is 0 Å². The predicted molar refractivity (Wildman–Crippen MR) is 78.6 cm³/mol. The van der Waals surface area contributed by atoms with Crippen molar-refractivity contribution in [2.24, 2.45) is 0 Å². The smallest absolute Gasteiger partial charge is 0.219 e. The number of nitrogens with two attached hydrogens (primary N) is 1. The molecule has 2 aromatic rings. The number of anilines is 1. The number of ether oxygens (including phenoxy) is 1. The van der Waals surface area contributed by atoms with Crippen LogP contribution >= 0.6 is 0 Å². The van der Waals surface area contributed by atoms with Gasteiger partial charge in [-0.25, -0.2) is 4.98 Å². The van der Waals surface area contributed by atoms with Crippen molar-refractivity contribution in [2.45, 2.75) is 33.1 Å². The fraction of sp³-hybridized carbons (Fsp3) is 0.312. The number of nitrogens with zero attached hydrogens (tertiary/aromatic N) is 1. The van der Waals surface area contributed by atoms with Gasteiger partial charge in [-0.05, 0) is 30.0 Å². The predicted octanol–water partition coefficient (Wildman–Crippen LogP) is 4.06. The fourth-order valence-electron chi connectivity index (χ4n) is 1.90. The van der Waals surface area contributed by atoms with Crippen molar-refractivity contribution in [3.8, 4) is 11.6 Å². The first-order valence-corrected chi connectivity index (χ1v) is 6.37. The number of hydrogen-bond donors (Lipinski definition) is 1. The van der Waals surface area contributed by atoms with Gasteiger partial charge in [0, 0.05) is 11.6 Å². The van der Waals surface area contributed by atoms with Gasteiger partial charge >= 0.3 is 0 Å². The molecule has 0 saturated heterocycles. The second-order valence-corrected chi connectivity index (χ2v) is 5.78. The Bertz CT molecular complexity index is 568. The second kappa shape index (κ2) is 4.92. The Hall–Kier alpha value is -2.03. The van der Waals surface area contributed by atoms with E-state index in [4.69, 9.17) is 10.5 Å². The number of nitrogen functional groups attached to an aromatic ring is 1. The molecule has 0 aliphatic rings.